The Morgan fingerprint density at radius 2 is 2.12 bits per heavy atom. The Bertz CT molecular complexity index is 361. The van der Waals surface area contributed by atoms with Crippen molar-refractivity contribution in [1.82, 2.24) is 4.98 Å². The minimum atomic E-state index is -4.33. The van der Waals surface area contributed by atoms with Crippen LogP contribution in [0, 0.1) is 0 Å². The maximum Gasteiger partial charge on any atom is 0.417 e. The zero-order chi connectivity index (χ0) is 11.8. The fourth-order valence-electron chi connectivity index (χ4n) is 1.74. The van der Waals surface area contributed by atoms with Crippen LogP contribution in [0.3, 0.4) is 0 Å². The first-order chi connectivity index (χ1) is 7.47. The summed E-state index contributed by atoms with van der Waals surface area (Å²) in [5.74, 6) is 0.556. The Labute approximate surface area is 91.1 Å². The normalized spacial score (nSPS) is 21.5. The van der Waals surface area contributed by atoms with Crippen molar-refractivity contribution < 1.29 is 13.2 Å². The SMILES string of the molecule is N[C@H]1CCN(c2ccc(C(F)(F)F)cn2)C1. The van der Waals surface area contributed by atoms with Crippen molar-refractivity contribution >= 4 is 5.82 Å². The predicted molar refractivity (Wildman–Crippen MR) is 54.0 cm³/mol. The molecule has 0 saturated carbocycles. The van der Waals surface area contributed by atoms with E-state index in [1.165, 1.54) is 6.07 Å². The second-order valence-electron chi connectivity index (χ2n) is 3.90. The average Bonchev–Trinajstić information content (AvgIpc) is 2.64. The topological polar surface area (TPSA) is 42.1 Å². The van der Waals surface area contributed by atoms with Crippen molar-refractivity contribution in [3.8, 4) is 0 Å². The molecule has 16 heavy (non-hydrogen) atoms. The van der Waals surface area contributed by atoms with Gasteiger partial charge < -0.3 is 10.6 Å². The van der Waals surface area contributed by atoms with E-state index in [2.05, 4.69) is 4.98 Å². The van der Waals surface area contributed by atoms with E-state index in [4.69, 9.17) is 5.73 Å². The fourth-order valence-corrected chi connectivity index (χ4v) is 1.74. The maximum absolute atomic E-state index is 12.3. The molecule has 2 rings (SSSR count). The highest BCUT2D eigenvalue weighted by Crippen LogP contribution is 2.29. The van der Waals surface area contributed by atoms with E-state index in [1.54, 1.807) is 0 Å². The third kappa shape index (κ3) is 2.27. The molecule has 0 radical (unpaired) electrons. The average molecular weight is 231 g/mol. The van der Waals surface area contributed by atoms with E-state index < -0.39 is 11.7 Å². The lowest BCUT2D eigenvalue weighted by atomic mass is 10.3. The summed E-state index contributed by atoms with van der Waals surface area (Å²) in [5, 5.41) is 0. The molecule has 2 heterocycles. The number of aromatic nitrogens is 1. The number of alkyl halides is 3. The van der Waals surface area contributed by atoms with Crippen molar-refractivity contribution in [2.24, 2.45) is 5.73 Å². The van der Waals surface area contributed by atoms with E-state index in [0.717, 1.165) is 25.2 Å². The minimum Gasteiger partial charge on any atom is -0.355 e. The van der Waals surface area contributed by atoms with Crippen LogP contribution in [0.25, 0.3) is 0 Å². The standard InChI is InChI=1S/C10H12F3N3/c11-10(12,13)7-1-2-9(15-5-7)16-4-3-8(14)6-16/h1-2,5,8H,3-4,6,14H2/t8-/m0/s1. The van der Waals surface area contributed by atoms with Gasteiger partial charge in [0.15, 0.2) is 0 Å². The predicted octanol–water partition coefficient (Wildman–Crippen LogP) is 1.64. The van der Waals surface area contributed by atoms with Gasteiger partial charge in [0.25, 0.3) is 0 Å². The zero-order valence-electron chi connectivity index (χ0n) is 8.54. The van der Waals surface area contributed by atoms with Gasteiger partial charge in [-0.25, -0.2) is 4.98 Å². The lowest BCUT2D eigenvalue weighted by molar-refractivity contribution is -0.137. The molecule has 0 spiro atoms. The molecule has 1 atom stereocenters. The van der Waals surface area contributed by atoms with Crippen LogP contribution in [-0.2, 0) is 6.18 Å². The molecule has 2 N–H and O–H groups in total. The number of rotatable bonds is 1. The van der Waals surface area contributed by atoms with E-state index >= 15 is 0 Å². The lowest BCUT2D eigenvalue weighted by Crippen LogP contribution is -2.26. The second kappa shape index (κ2) is 3.93. The summed E-state index contributed by atoms with van der Waals surface area (Å²) < 4.78 is 36.9. The summed E-state index contributed by atoms with van der Waals surface area (Å²) in [6.45, 7) is 1.40. The van der Waals surface area contributed by atoms with Gasteiger partial charge in [0, 0.05) is 25.3 Å². The second-order valence-corrected chi connectivity index (χ2v) is 3.90. The number of nitrogens with two attached hydrogens (primary N) is 1. The van der Waals surface area contributed by atoms with Gasteiger partial charge in [0.05, 0.1) is 5.56 Å². The molecular formula is C10H12F3N3. The first-order valence-corrected chi connectivity index (χ1v) is 5.00. The maximum atomic E-state index is 12.3. The van der Waals surface area contributed by atoms with E-state index in [9.17, 15) is 13.2 Å². The molecule has 1 aliphatic heterocycles. The Kier molecular flexibility index (Phi) is 2.75. The third-order valence-electron chi connectivity index (χ3n) is 2.62. The van der Waals surface area contributed by atoms with E-state index in [-0.39, 0.29) is 6.04 Å². The monoisotopic (exact) mass is 231 g/mol. The number of nitrogens with zero attached hydrogens (tertiary/aromatic N) is 2. The highest BCUT2D eigenvalue weighted by atomic mass is 19.4. The van der Waals surface area contributed by atoms with Crippen LogP contribution < -0.4 is 10.6 Å². The molecule has 1 fully saturated rings. The van der Waals surface area contributed by atoms with Crippen molar-refractivity contribution in [2.45, 2.75) is 18.6 Å². The summed E-state index contributed by atoms with van der Waals surface area (Å²) in [5.41, 5.74) is 4.99. The first-order valence-electron chi connectivity index (χ1n) is 5.00. The number of pyridine rings is 1. The molecule has 3 nitrogen and oxygen atoms in total. The molecule has 0 amide bonds. The van der Waals surface area contributed by atoms with Crippen molar-refractivity contribution in [3.05, 3.63) is 23.9 Å². The molecule has 1 aromatic rings. The van der Waals surface area contributed by atoms with Crippen molar-refractivity contribution in [1.29, 1.82) is 0 Å². The highest BCUT2D eigenvalue weighted by molar-refractivity contribution is 5.41. The number of hydrogen-bond donors (Lipinski definition) is 1. The van der Waals surface area contributed by atoms with Gasteiger partial charge >= 0.3 is 6.18 Å². The van der Waals surface area contributed by atoms with Gasteiger partial charge in [-0.1, -0.05) is 0 Å². The number of hydrogen-bond acceptors (Lipinski definition) is 3. The third-order valence-corrected chi connectivity index (χ3v) is 2.62. The summed E-state index contributed by atoms with van der Waals surface area (Å²) in [6, 6.07) is 2.52. The van der Waals surface area contributed by atoms with Gasteiger partial charge in [0.2, 0.25) is 0 Å². The number of anilines is 1. The Morgan fingerprint density at radius 1 is 1.38 bits per heavy atom. The van der Waals surface area contributed by atoms with Gasteiger partial charge in [-0.3, -0.25) is 0 Å². The molecule has 0 aromatic carbocycles. The van der Waals surface area contributed by atoms with Crippen LogP contribution in [0.1, 0.15) is 12.0 Å². The summed E-state index contributed by atoms with van der Waals surface area (Å²) in [6.07, 6.45) is -2.62. The Morgan fingerprint density at radius 3 is 2.56 bits per heavy atom. The molecule has 0 aliphatic carbocycles. The van der Waals surface area contributed by atoms with Crippen LogP contribution in [0.2, 0.25) is 0 Å². The zero-order valence-corrected chi connectivity index (χ0v) is 8.54. The molecule has 0 unspecified atom stereocenters. The van der Waals surface area contributed by atoms with Crippen LogP contribution >= 0.6 is 0 Å². The van der Waals surface area contributed by atoms with Gasteiger partial charge in [-0.2, -0.15) is 13.2 Å². The van der Waals surface area contributed by atoms with Gasteiger partial charge in [-0.05, 0) is 18.6 Å². The molecular weight excluding hydrogens is 219 g/mol. The number of halogens is 3. The quantitative estimate of drug-likeness (QED) is 0.798. The van der Waals surface area contributed by atoms with Gasteiger partial charge in [0.1, 0.15) is 5.82 Å². The smallest absolute Gasteiger partial charge is 0.355 e. The Balaban J connectivity index is 2.14. The van der Waals surface area contributed by atoms with E-state index in [0.29, 0.717) is 12.4 Å². The molecule has 88 valence electrons. The molecule has 0 bridgehead atoms. The Hall–Kier alpha value is -1.30. The minimum absolute atomic E-state index is 0.0871. The molecule has 1 saturated heterocycles. The first kappa shape index (κ1) is 11.2. The van der Waals surface area contributed by atoms with Crippen LogP contribution in [0.4, 0.5) is 19.0 Å². The van der Waals surface area contributed by atoms with Gasteiger partial charge in [-0.15, -0.1) is 0 Å². The molecule has 1 aliphatic rings. The lowest BCUT2D eigenvalue weighted by Gasteiger charge is -2.17. The highest BCUT2D eigenvalue weighted by Gasteiger charge is 2.31. The van der Waals surface area contributed by atoms with Crippen LogP contribution in [0.5, 0.6) is 0 Å². The summed E-state index contributed by atoms with van der Waals surface area (Å²) >= 11 is 0. The summed E-state index contributed by atoms with van der Waals surface area (Å²) in [4.78, 5) is 5.71. The van der Waals surface area contributed by atoms with E-state index in [1.807, 2.05) is 4.90 Å². The molecule has 1 aromatic heterocycles. The van der Waals surface area contributed by atoms with Crippen LogP contribution in [0.15, 0.2) is 18.3 Å². The fraction of sp³-hybridized carbons (Fsp3) is 0.500. The van der Waals surface area contributed by atoms with Crippen molar-refractivity contribution in [3.63, 3.8) is 0 Å². The summed E-state index contributed by atoms with van der Waals surface area (Å²) in [7, 11) is 0. The largest absolute Gasteiger partial charge is 0.417 e. The molecule has 6 heteroatoms. The van der Waals surface area contributed by atoms with Crippen molar-refractivity contribution in [2.75, 3.05) is 18.0 Å². The van der Waals surface area contributed by atoms with Crippen LogP contribution in [-0.4, -0.2) is 24.1 Å².